The summed E-state index contributed by atoms with van der Waals surface area (Å²) in [5.74, 6) is -0.223. The van der Waals surface area contributed by atoms with Gasteiger partial charge >= 0.3 is 0 Å². The Morgan fingerprint density at radius 2 is 1.56 bits per heavy atom. The first-order valence-electron chi connectivity index (χ1n) is 8.76. The van der Waals surface area contributed by atoms with Gasteiger partial charge in [0.1, 0.15) is 5.82 Å². The maximum absolute atomic E-state index is 12.9. The van der Waals surface area contributed by atoms with Crippen LogP contribution in [0.2, 0.25) is 0 Å². The maximum atomic E-state index is 12.9. The lowest BCUT2D eigenvalue weighted by molar-refractivity contribution is 0.330. The van der Waals surface area contributed by atoms with Crippen molar-refractivity contribution in [2.24, 2.45) is 0 Å². The summed E-state index contributed by atoms with van der Waals surface area (Å²) in [6.45, 7) is 4.69. The van der Waals surface area contributed by atoms with E-state index in [0.29, 0.717) is 18.2 Å². The molecular weight excluding hydrogens is 333 g/mol. The molecule has 0 amide bonds. The Bertz CT molecular complexity index is 696. The van der Waals surface area contributed by atoms with Crippen LogP contribution in [0, 0.1) is 5.82 Å². The van der Waals surface area contributed by atoms with Crippen LogP contribution in [0.1, 0.15) is 29.5 Å². The monoisotopic (exact) mass is 357 g/mol. The molecule has 0 radical (unpaired) electrons. The van der Waals surface area contributed by atoms with Crippen molar-refractivity contribution in [3.63, 3.8) is 0 Å². The van der Waals surface area contributed by atoms with Gasteiger partial charge in [-0.05, 0) is 67.0 Å². The Kier molecular flexibility index (Phi) is 6.36. The molecule has 0 saturated carbocycles. The normalized spacial score (nSPS) is 14.4. The number of likely N-dealkylation sites (tertiary alicyclic amines) is 1. The van der Waals surface area contributed by atoms with Crippen LogP contribution in [-0.2, 0) is 19.6 Å². The smallest absolute Gasteiger partial charge is 0.166 e. The lowest BCUT2D eigenvalue weighted by Crippen LogP contribution is -2.34. The van der Waals surface area contributed by atoms with E-state index in [-0.39, 0.29) is 5.82 Å². The lowest BCUT2D eigenvalue weighted by atomic mass is 10.1. The summed E-state index contributed by atoms with van der Waals surface area (Å²) in [4.78, 5) is 2.50. The average Bonchev–Trinajstić information content (AvgIpc) is 3.13. The van der Waals surface area contributed by atoms with Crippen molar-refractivity contribution in [2.75, 3.05) is 13.1 Å². The Balaban J connectivity index is 1.49. The van der Waals surface area contributed by atoms with E-state index < -0.39 is 0 Å². The molecule has 0 spiro atoms. The number of hydrogen-bond acceptors (Lipinski definition) is 2. The second-order valence-corrected chi connectivity index (χ2v) is 6.82. The molecule has 25 heavy (non-hydrogen) atoms. The van der Waals surface area contributed by atoms with Crippen LogP contribution in [0.5, 0.6) is 0 Å². The maximum Gasteiger partial charge on any atom is 0.166 e. The first kappa shape index (κ1) is 17.8. The van der Waals surface area contributed by atoms with E-state index in [1.807, 2.05) is 0 Å². The first-order chi connectivity index (χ1) is 12.2. The summed E-state index contributed by atoms with van der Waals surface area (Å²) in [6.07, 6.45) is 2.61. The van der Waals surface area contributed by atoms with E-state index in [1.54, 1.807) is 12.1 Å². The fourth-order valence-electron chi connectivity index (χ4n) is 3.09. The molecule has 2 aromatic carbocycles. The zero-order valence-electron chi connectivity index (χ0n) is 14.3. The Labute approximate surface area is 154 Å². The quantitative estimate of drug-likeness (QED) is 0.773. The second-order valence-electron chi connectivity index (χ2n) is 6.41. The molecule has 0 atom stereocenters. The number of hydrogen-bond donors (Lipinski definition) is 2. The van der Waals surface area contributed by atoms with Crippen molar-refractivity contribution in [2.45, 2.75) is 32.5 Å². The minimum Gasteiger partial charge on any atom is -0.359 e. The predicted molar refractivity (Wildman–Crippen MR) is 104 cm³/mol. The highest BCUT2D eigenvalue weighted by molar-refractivity contribution is 7.80. The van der Waals surface area contributed by atoms with Crippen LogP contribution in [0.4, 0.5) is 4.39 Å². The molecule has 3 nitrogen and oxygen atoms in total. The fourth-order valence-corrected chi connectivity index (χ4v) is 3.23. The molecule has 0 aliphatic carbocycles. The highest BCUT2D eigenvalue weighted by Gasteiger charge is 2.13. The molecule has 1 heterocycles. The Morgan fingerprint density at radius 3 is 2.28 bits per heavy atom. The van der Waals surface area contributed by atoms with E-state index >= 15 is 0 Å². The van der Waals surface area contributed by atoms with Crippen LogP contribution in [0.3, 0.4) is 0 Å². The molecule has 0 bridgehead atoms. The topological polar surface area (TPSA) is 27.3 Å². The zero-order chi connectivity index (χ0) is 17.5. The molecule has 1 aliphatic rings. The molecular formula is C20H24FN3S. The van der Waals surface area contributed by atoms with Gasteiger partial charge in [-0.15, -0.1) is 0 Å². The van der Waals surface area contributed by atoms with Gasteiger partial charge in [-0.25, -0.2) is 4.39 Å². The highest BCUT2D eigenvalue weighted by Crippen LogP contribution is 2.16. The predicted octanol–water partition coefficient (Wildman–Crippen LogP) is 3.59. The van der Waals surface area contributed by atoms with Crippen LogP contribution >= 0.6 is 12.2 Å². The molecule has 1 aliphatic heterocycles. The summed E-state index contributed by atoms with van der Waals surface area (Å²) < 4.78 is 12.9. The van der Waals surface area contributed by atoms with E-state index in [9.17, 15) is 4.39 Å². The van der Waals surface area contributed by atoms with E-state index in [2.05, 4.69) is 39.8 Å². The van der Waals surface area contributed by atoms with Gasteiger partial charge in [0.05, 0.1) is 0 Å². The van der Waals surface area contributed by atoms with E-state index in [4.69, 9.17) is 12.2 Å². The fraction of sp³-hybridized carbons (Fsp3) is 0.350. The van der Waals surface area contributed by atoms with Gasteiger partial charge in [0.25, 0.3) is 0 Å². The third-order valence-corrected chi connectivity index (χ3v) is 4.81. The van der Waals surface area contributed by atoms with Gasteiger partial charge in [-0.2, -0.15) is 0 Å². The number of thiocarbonyl (C=S) groups is 1. The zero-order valence-corrected chi connectivity index (χ0v) is 15.1. The molecule has 1 saturated heterocycles. The number of nitrogens with zero attached hydrogens (tertiary/aromatic N) is 1. The van der Waals surface area contributed by atoms with Crippen LogP contribution in [-0.4, -0.2) is 23.1 Å². The third-order valence-electron chi connectivity index (χ3n) is 4.52. The van der Waals surface area contributed by atoms with Crippen molar-refractivity contribution in [1.82, 2.24) is 15.5 Å². The summed E-state index contributed by atoms with van der Waals surface area (Å²) in [6, 6.07) is 15.0. The standard InChI is InChI=1S/C20H24FN3S/c21-19-9-7-16(8-10-19)13-22-20(25)23-14-17-5-1-2-6-18(17)15-24-11-3-4-12-24/h1-2,5-10H,3-4,11-15H2,(H2,22,23,25). The van der Waals surface area contributed by atoms with Gasteiger partial charge in [-0.1, -0.05) is 36.4 Å². The van der Waals surface area contributed by atoms with E-state index in [0.717, 1.165) is 12.1 Å². The van der Waals surface area contributed by atoms with Crippen LogP contribution in [0.15, 0.2) is 48.5 Å². The van der Waals surface area contributed by atoms with Crippen molar-refractivity contribution in [3.05, 3.63) is 71.0 Å². The molecule has 132 valence electrons. The largest absolute Gasteiger partial charge is 0.359 e. The molecule has 2 aromatic rings. The average molecular weight is 357 g/mol. The third kappa shape index (κ3) is 5.51. The number of halogens is 1. The van der Waals surface area contributed by atoms with Crippen LogP contribution in [0.25, 0.3) is 0 Å². The van der Waals surface area contributed by atoms with E-state index in [1.165, 1.54) is 49.2 Å². The summed E-state index contributed by atoms with van der Waals surface area (Å²) in [5, 5.41) is 7.05. The second kappa shape index (κ2) is 8.92. The molecule has 5 heteroatoms. The van der Waals surface area contributed by atoms with Gasteiger partial charge in [0.2, 0.25) is 0 Å². The number of nitrogens with one attached hydrogen (secondary N) is 2. The van der Waals surface area contributed by atoms with Crippen LogP contribution < -0.4 is 10.6 Å². The minimum atomic E-state index is -0.223. The lowest BCUT2D eigenvalue weighted by Gasteiger charge is -2.18. The van der Waals surface area contributed by atoms with Crippen molar-refractivity contribution >= 4 is 17.3 Å². The SMILES string of the molecule is Fc1ccc(CNC(=S)NCc2ccccc2CN2CCCC2)cc1. The molecule has 0 aromatic heterocycles. The Hall–Kier alpha value is -1.98. The summed E-state index contributed by atoms with van der Waals surface area (Å²) >= 11 is 5.36. The molecule has 3 rings (SSSR count). The molecule has 1 fully saturated rings. The van der Waals surface area contributed by atoms with Crippen molar-refractivity contribution in [3.8, 4) is 0 Å². The first-order valence-corrected chi connectivity index (χ1v) is 9.17. The van der Waals surface area contributed by atoms with Gasteiger partial charge in [-0.3, -0.25) is 4.90 Å². The highest BCUT2D eigenvalue weighted by atomic mass is 32.1. The van der Waals surface area contributed by atoms with Crippen molar-refractivity contribution < 1.29 is 4.39 Å². The Morgan fingerprint density at radius 1 is 0.920 bits per heavy atom. The molecule has 0 unspecified atom stereocenters. The van der Waals surface area contributed by atoms with Gasteiger partial charge in [0.15, 0.2) is 5.11 Å². The van der Waals surface area contributed by atoms with Gasteiger partial charge in [0, 0.05) is 19.6 Å². The van der Waals surface area contributed by atoms with Gasteiger partial charge < -0.3 is 10.6 Å². The summed E-state index contributed by atoms with van der Waals surface area (Å²) in [7, 11) is 0. The molecule has 2 N–H and O–H groups in total. The minimum absolute atomic E-state index is 0.223. The summed E-state index contributed by atoms with van der Waals surface area (Å²) in [5.41, 5.74) is 3.64. The number of benzene rings is 2. The van der Waals surface area contributed by atoms with Crippen molar-refractivity contribution in [1.29, 1.82) is 0 Å². The number of rotatable bonds is 6.